The summed E-state index contributed by atoms with van der Waals surface area (Å²) in [7, 11) is 0. The molecule has 30 heavy (non-hydrogen) atoms. The maximum atomic E-state index is 2.42. The lowest BCUT2D eigenvalue weighted by molar-refractivity contribution is 0.550. The van der Waals surface area contributed by atoms with Gasteiger partial charge >= 0.3 is 0 Å². The Balaban J connectivity index is 3.55. The molecule has 1 radical (unpaired) electrons. The second-order valence-corrected chi connectivity index (χ2v) is 9.37. The molecular formula is C30H53. The average Bonchev–Trinajstić information content (AvgIpc) is 2.70. The van der Waals surface area contributed by atoms with Gasteiger partial charge in [0, 0.05) is 6.42 Å². The van der Waals surface area contributed by atoms with Gasteiger partial charge in [0.1, 0.15) is 0 Å². The van der Waals surface area contributed by atoms with Gasteiger partial charge in [-0.15, -0.1) is 0 Å². The predicted octanol–water partition coefficient (Wildman–Crippen LogP) is 10.9. The van der Waals surface area contributed by atoms with Gasteiger partial charge in [0.15, 0.2) is 0 Å². The van der Waals surface area contributed by atoms with E-state index >= 15 is 0 Å². The van der Waals surface area contributed by atoms with E-state index in [-0.39, 0.29) is 0 Å². The Kier molecular flexibility index (Phi) is 21.9. The van der Waals surface area contributed by atoms with Crippen molar-refractivity contribution >= 4 is 0 Å². The van der Waals surface area contributed by atoms with Crippen molar-refractivity contribution in [3.63, 3.8) is 0 Å². The summed E-state index contributed by atoms with van der Waals surface area (Å²) < 4.78 is 0. The van der Waals surface area contributed by atoms with E-state index < -0.39 is 0 Å². The Morgan fingerprint density at radius 3 is 1.70 bits per heavy atom. The summed E-state index contributed by atoms with van der Waals surface area (Å²) in [4.78, 5) is 0. The molecule has 0 rings (SSSR count). The first kappa shape index (κ1) is 29.0. The SMILES string of the molecule is CCCCCCCCCCCCCC=C[CH]C=C(C)CCC=C(C)CCC=C(C)C. The molecule has 0 aromatic heterocycles. The van der Waals surface area contributed by atoms with Gasteiger partial charge in [0.25, 0.3) is 0 Å². The standard InChI is InChI=1S/C30H53/c1-6-7-8-9-10-11-12-13-14-15-16-17-18-19-20-24-29(4)26-22-27-30(5)25-21-23-28(2)3/h18-20,23-24,27H,6-17,21-22,25-26H2,1-5H3. The smallest absolute Gasteiger partial charge is 0.00468 e. The molecule has 0 saturated carbocycles. The van der Waals surface area contributed by atoms with Gasteiger partial charge in [0.05, 0.1) is 0 Å². The van der Waals surface area contributed by atoms with Crippen LogP contribution in [0.1, 0.15) is 137 Å². The predicted molar refractivity (Wildman–Crippen MR) is 140 cm³/mol. The highest BCUT2D eigenvalue weighted by Crippen LogP contribution is 2.13. The van der Waals surface area contributed by atoms with Gasteiger partial charge in [-0.25, -0.2) is 0 Å². The summed E-state index contributed by atoms with van der Waals surface area (Å²) in [6, 6.07) is 0. The minimum atomic E-state index is 1.17. The third kappa shape index (κ3) is 23.2. The van der Waals surface area contributed by atoms with E-state index in [1.807, 2.05) is 0 Å². The van der Waals surface area contributed by atoms with Crippen molar-refractivity contribution in [3.05, 3.63) is 53.5 Å². The number of hydrogen-bond acceptors (Lipinski definition) is 0. The number of unbranched alkanes of at least 4 members (excludes halogenated alkanes) is 11. The molecule has 0 heterocycles. The van der Waals surface area contributed by atoms with E-state index in [0.717, 1.165) is 0 Å². The van der Waals surface area contributed by atoms with E-state index in [4.69, 9.17) is 0 Å². The van der Waals surface area contributed by atoms with Crippen molar-refractivity contribution in [2.24, 2.45) is 0 Å². The lowest BCUT2D eigenvalue weighted by Gasteiger charge is -2.02. The Labute approximate surface area is 191 Å². The molecule has 0 amide bonds. The van der Waals surface area contributed by atoms with Crippen LogP contribution in [0.25, 0.3) is 0 Å². The molecule has 0 aromatic rings. The fourth-order valence-corrected chi connectivity index (χ4v) is 3.64. The van der Waals surface area contributed by atoms with E-state index in [2.05, 4.69) is 71.4 Å². The van der Waals surface area contributed by atoms with Gasteiger partial charge in [-0.1, -0.05) is 118 Å². The molecule has 173 valence electrons. The van der Waals surface area contributed by atoms with Crippen molar-refractivity contribution in [1.29, 1.82) is 0 Å². The van der Waals surface area contributed by atoms with E-state index in [1.54, 1.807) is 0 Å². The maximum absolute atomic E-state index is 2.42. The summed E-state index contributed by atoms with van der Waals surface area (Å²) in [5.41, 5.74) is 4.42. The van der Waals surface area contributed by atoms with Crippen LogP contribution in [0, 0.1) is 6.42 Å². The second kappa shape index (κ2) is 22.6. The normalized spacial score (nSPS) is 12.7. The van der Waals surface area contributed by atoms with Crippen LogP contribution in [0.3, 0.4) is 0 Å². The molecule has 0 heteroatoms. The van der Waals surface area contributed by atoms with Crippen LogP contribution in [0.5, 0.6) is 0 Å². The summed E-state index contributed by atoms with van der Waals surface area (Å²) in [6.07, 6.45) is 35.4. The molecule has 0 N–H and O–H groups in total. The van der Waals surface area contributed by atoms with Gasteiger partial charge in [-0.2, -0.15) is 0 Å². The first-order chi connectivity index (χ1) is 14.6. The van der Waals surface area contributed by atoms with Crippen molar-refractivity contribution < 1.29 is 0 Å². The maximum Gasteiger partial charge on any atom is 0.00468 e. The zero-order chi connectivity index (χ0) is 22.3. The molecule has 0 aromatic carbocycles. The fourth-order valence-electron chi connectivity index (χ4n) is 3.64. The molecule has 0 atom stereocenters. The van der Waals surface area contributed by atoms with Crippen LogP contribution < -0.4 is 0 Å². The molecule has 0 aliphatic rings. The van der Waals surface area contributed by atoms with Crippen LogP contribution in [-0.4, -0.2) is 0 Å². The van der Waals surface area contributed by atoms with Crippen molar-refractivity contribution in [2.45, 2.75) is 137 Å². The lowest BCUT2D eigenvalue weighted by atomic mass is 10.0. The minimum absolute atomic E-state index is 1.17. The van der Waals surface area contributed by atoms with Crippen molar-refractivity contribution in [2.75, 3.05) is 0 Å². The molecule has 0 spiro atoms. The second-order valence-electron chi connectivity index (χ2n) is 9.37. The molecule has 0 bridgehead atoms. The topological polar surface area (TPSA) is 0 Å². The summed E-state index contributed by atoms with van der Waals surface area (Å²) >= 11 is 0. The number of rotatable bonds is 20. The zero-order valence-corrected chi connectivity index (χ0v) is 21.3. The van der Waals surface area contributed by atoms with Gasteiger partial charge < -0.3 is 0 Å². The Morgan fingerprint density at radius 1 is 0.567 bits per heavy atom. The third-order valence-electron chi connectivity index (χ3n) is 5.73. The molecule has 0 saturated heterocycles. The highest BCUT2D eigenvalue weighted by molar-refractivity contribution is 5.14. The Morgan fingerprint density at radius 2 is 1.10 bits per heavy atom. The number of hydrogen-bond donors (Lipinski definition) is 0. The van der Waals surface area contributed by atoms with Gasteiger partial charge in [-0.05, 0) is 66.2 Å². The van der Waals surface area contributed by atoms with Crippen LogP contribution >= 0.6 is 0 Å². The Hall–Kier alpha value is -1.04. The fraction of sp³-hybridized carbons (Fsp3) is 0.700. The van der Waals surface area contributed by atoms with Crippen LogP contribution in [0.15, 0.2) is 47.1 Å². The van der Waals surface area contributed by atoms with E-state index in [0.29, 0.717) is 0 Å². The highest BCUT2D eigenvalue weighted by atomic mass is 14.0. The molecule has 0 fully saturated rings. The van der Waals surface area contributed by atoms with Gasteiger partial charge in [0.2, 0.25) is 0 Å². The Bertz CT molecular complexity index is 482. The van der Waals surface area contributed by atoms with E-state index in [1.165, 1.54) is 119 Å². The summed E-state index contributed by atoms with van der Waals surface area (Å²) in [6.45, 7) is 11.2. The van der Waals surface area contributed by atoms with Gasteiger partial charge in [-0.3, -0.25) is 0 Å². The number of allylic oxidation sites excluding steroid dienone is 8. The van der Waals surface area contributed by atoms with Crippen LogP contribution in [0.2, 0.25) is 0 Å². The third-order valence-corrected chi connectivity index (χ3v) is 5.73. The highest BCUT2D eigenvalue weighted by Gasteiger charge is 1.93. The molecule has 0 nitrogen and oxygen atoms in total. The first-order valence-corrected chi connectivity index (χ1v) is 13.0. The zero-order valence-electron chi connectivity index (χ0n) is 21.3. The summed E-state index contributed by atoms with van der Waals surface area (Å²) in [5.74, 6) is 0. The van der Waals surface area contributed by atoms with Crippen LogP contribution in [-0.2, 0) is 0 Å². The van der Waals surface area contributed by atoms with Crippen molar-refractivity contribution in [3.8, 4) is 0 Å². The van der Waals surface area contributed by atoms with E-state index in [9.17, 15) is 0 Å². The summed E-state index contributed by atoms with van der Waals surface area (Å²) in [5, 5.41) is 0. The molecule has 0 unspecified atom stereocenters. The first-order valence-electron chi connectivity index (χ1n) is 13.0. The minimum Gasteiger partial charge on any atom is -0.0879 e. The largest absolute Gasteiger partial charge is 0.0879 e. The quantitative estimate of drug-likeness (QED) is 0.137. The average molecular weight is 414 g/mol. The van der Waals surface area contributed by atoms with Crippen LogP contribution in [0.4, 0.5) is 0 Å². The monoisotopic (exact) mass is 413 g/mol. The molecular weight excluding hydrogens is 360 g/mol. The lowest BCUT2D eigenvalue weighted by Crippen LogP contribution is -1.82. The molecule has 0 aliphatic heterocycles. The van der Waals surface area contributed by atoms with Crippen molar-refractivity contribution in [1.82, 2.24) is 0 Å². The molecule has 0 aliphatic carbocycles.